The first-order valence-corrected chi connectivity index (χ1v) is 12.5. The molecule has 1 fully saturated rings. The Kier molecular flexibility index (Phi) is 7.09. The van der Waals surface area contributed by atoms with E-state index < -0.39 is 10.0 Å². The lowest BCUT2D eigenvalue weighted by Crippen LogP contribution is -2.41. The Morgan fingerprint density at radius 2 is 1.44 bits per heavy atom. The largest absolute Gasteiger partial charge is 0.457 e. The van der Waals surface area contributed by atoms with E-state index in [1.807, 2.05) is 30.3 Å². The van der Waals surface area contributed by atoms with Gasteiger partial charge in [-0.15, -0.1) is 0 Å². The number of ether oxygens (including phenoxy) is 1. The maximum atomic E-state index is 12.9. The van der Waals surface area contributed by atoms with Crippen LogP contribution in [0, 0.1) is 5.92 Å². The number of piperidine rings is 1. The number of hydrogen-bond acceptors (Lipinski definition) is 5. The molecule has 0 spiro atoms. The zero-order valence-corrected chi connectivity index (χ0v) is 19.6. The molecule has 0 bridgehead atoms. The van der Waals surface area contributed by atoms with Gasteiger partial charge in [0, 0.05) is 30.3 Å². The minimum absolute atomic E-state index is 0.117. The van der Waals surface area contributed by atoms with Gasteiger partial charge in [0.15, 0.2) is 5.78 Å². The highest BCUT2D eigenvalue weighted by atomic mass is 32.2. The SMILES string of the molecule is CC(=O)c1ccc(S(=O)(=O)N2CCC(C(=O)Nc3ccc(Oc4ccccc4)cc3)CC2)cc1. The fraction of sp³-hybridized carbons (Fsp3) is 0.231. The molecule has 0 saturated carbocycles. The molecule has 8 heteroatoms. The van der Waals surface area contributed by atoms with Gasteiger partial charge < -0.3 is 10.1 Å². The Hall–Kier alpha value is -3.49. The normalized spacial score (nSPS) is 15.0. The first-order valence-electron chi connectivity index (χ1n) is 11.1. The molecule has 1 aliphatic heterocycles. The van der Waals surface area contributed by atoms with Crippen molar-refractivity contribution < 1.29 is 22.7 Å². The van der Waals surface area contributed by atoms with E-state index in [-0.39, 0.29) is 35.6 Å². The van der Waals surface area contributed by atoms with Gasteiger partial charge in [0.1, 0.15) is 11.5 Å². The molecule has 1 N–H and O–H groups in total. The van der Waals surface area contributed by atoms with E-state index in [0.29, 0.717) is 29.8 Å². The summed E-state index contributed by atoms with van der Waals surface area (Å²) < 4.78 is 33.0. The van der Waals surface area contributed by atoms with E-state index in [0.717, 1.165) is 5.75 Å². The molecule has 3 aromatic carbocycles. The highest BCUT2D eigenvalue weighted by molar-refractivity contribution is 7.89. The van der Waals surface area contributed by atoms with E-state index >= 15 is 0 Å². The molecule has 1 heterocycles. The smallest absolute Gasteiger partial charge is 0.243 e. The number of hydrogen-bond donors (Lipinski definition) is 1. The molecule has 0 atom stereocenters. The number of carbonyl (C=O) groups is 2. The number of sulfonamides is 1. The second-order valence-corrected chi connectivity index (χ2v) is 10.1. The van der Waals surface area contributed by atoms with Crippen LogP contribution in [0.2, 0.25) is 0 Å². The van der Waals surface area contributed by atoms with Crippen molar-refractivity contribution >= 4 is 27.4 Å². The second kappa shape index (κ2) is 10.2. The van der Waals surface area contributed by atoms with E-state index in [9.17, 15) is 18.0 Å². The number of amides is 1. The van der Waals surface area contributed by atoms with Crippen molar-refractivity contribution in [2.24, 2.45) is 5.92 Å². The number of carbonyl (C=O) groups excluding carboxylic acids is 2. The number of Topliss-reactive ketones (excluding diaryl/α,β-unsaturated/α-hetero) is 1. The minimum atomic E-state index is -3.67. The van der Waals surface area contributed by atoms with Crippen molar-refractivity contribution in [3.63, 3.8) is 0 Å². The fourth-order valence-corrected chi connectivity index (χ4v) is 5.31. The van der Waals surface area contributed by atoms with Crippen molar-refractivity contribution in [2.75, 3.05) is 18.4 Å². The predicted molar refractivity (Wildman–Crippen MR) is 130 cm³/mol. The van der Waals surface area contributed by atoms with Crippen LogP contribution in [-0.4, -0.2) is 37.5 Å². The van der Waals surface area contributed by atoms with Gasteiger partial charge in [-0.2, -0.15) is 4.31 Å². The highest BCUT2D eigenvalue weighted by Gasteiger charge is 2.32. The zero-order chi connectivity index (χ0) is 24.1. The lowest BCUT2D eigenvalue weighted by molar-refractivity contribution is -0.120. The molecule has 0 radical (unpaired) electrons. The molecule has 4 rings (SSSR count). The Labute approximate surface area is 199 Å². The van der Waals surface area contributed by atoms with Gasteiger partial charge in [0.25, 0.3) is 0 Å². The van der Waals surface area contributed by atoms with E-state index in [4.69, 9.17) is 4.74 Å². The van der Waals surface area contributed by atoms with E-state index in [2.05, 4.69) is 5.32 Å². The lowest BCUT2D eigenvalue weighted by atomic mass is 9.97. The van der Waals surface area contributed by atoms with Crippen LogP contribution in [0.3, 0.4) is 0 Å². The van der Waals surface area contributed by atoms with Gasteiger partial charge in [-0.25, -0.2) is 8.42 Å². The maximum Gasteiger partial charge on any atom is 0.243 e. The summed E-state index contributed by atoms with van der Waals surface area (Å²) in [6.07, 6.45) is 0.873. The van der Waals surface area contributed by atoms with Crippen LogP contribution in [0.1, 0.15) is 30.1 Å². The van der Waals surface area contributed by atoms with Crippen LogP contribution in [0.25, 0.3) is 0 Å². The third kappa shape index (κ3) is 5.52. The molecule has 3 aromatic rings. The standard InChI is InChI=1S/C26H26N2O5S/c1-19(29)20-7-13-25(14-8-20)34(31,32)28-17-15-21(16-18-28)26(30)27-22-9-11-24(12-10-22)33-23-5-3-2-4-6-23/h2-14,21H,15-18H2,1H3,(H,27,30). The topological polar surface area (TPSA) is 92.8 Å². The number of benzene rings is 3. The fourth-order valence-electron chi connectivity index (χ4n) is 3.84. The van der Waals surface area contributed by atoms with Crippen LogP contribution < -0.4 is 10.1 Å². The number of anilines is 1. The molecular formula is C26H26N2O5S. The summed E-state index contributed by atoms with van der Waals surface area (Å²) in [7, 11) is -3.67. The van der Waals surface area contributed by atoms with Gasteiger partial charge in [-0.3, -0.25) is 9.59 Å². The Morgan fingerprint density at radius 1 is 0.853 bits per heavy atom. The van der Waals surface area contributed by atoms with Crippen molar-refractivity contribution in [2.45, 2.75) is 24.7 Å². The quantitative estimate of drug-likeness (QED) is 0.496. The minimum Gasteiger partial charge on any atom is -0.457 e. The summed E-state index contributed by atoms with van der Waals surface area (Å²) in [5, 5.41) is 2.91. The van der Waals surface area contributed by atoms with Crippen molar-refractivity contribution in [1.82, 2.24) is 4.31 Å². The van der Waals surface area contributed by atoms with Crippen molar-refractivity contribution in [1.29, 1.82) is 0 Å². The summed E-state index contributed by atoms with van der Waals surface area (Å²) in [6.45, 7) is 1.96. The van der Waals surface area contributed by atoms with Crippen molar-refractivity contribution in [3.8, 4) is 11.5 Å². The monoisotopic (exact) mass is 478 g/mol. The number of nitrogens with zero attached hydrogens (tertiary/aromatic N) is 1. The number of rotatable bonds is 7. The highest BCUT2D eigenvalue weighted by Crippen LogP contribution is 2.26. The maximum absolute atomic E-state index is 12.9. The number of ketones is 1. The van der Waals surface area contributed by atoms with E-state index in [1.54, 1.807) is 24.3 Å². The second-order valence-electron chi connectivity index (χ2n) is 8.19. The molecule has 0 aliphatic carbocycles. The zero-order valence-electron chi connectivity index (χ0n) is 18.8. The Morgan fingerprint density at radius 3 is 2.03 bits per heavy atom. The van der Waals surface area contributed by atoms with Crippen LogP contribution >= 0.6 is 0 Å². The number of para-hydroxylation sites is 1. The average molecular weight is 479 g/mol. The predicted octanol–water partition coefficient (Wildman–Crippen LogP) is 4.72. The van der Waals surface area contributed by atoms with Gasteiger partial charge in [-0.05, 0) is 68.3 Å². The summed E-state index contributed by atoms with van der Waals surface area (Å²) in [5.74, 6) is 0.885. The third-order valence-electron chi connectivity index (χ3n) is 5.82. The molecule has 1 amide bonds. The molecule has 176 valence electrons. The first kappa shape index (κ1) is 23.7. The van der Waals surface area contributed by atoms with Gasteiger partial charge in [0.05, 0.1) is 4.90 Å². The average Bonchev–Trinajstić information content (AvgIpc) is 2.86. The van der Waals surface area contributed by atoms with Crippen LogP contribution in [0.5, 0.6) is 11.5 Å². The molecular weight excluding hydrogens is 452 g/mol. The Balaban J connectivity index is 1.31. The van der Waals surface area contributed by atoms with Crippen LogP contribution in [-0.2, 0) is 14.8 Å². The lowest BCUT2D eigenvalue weighted by Gasteiger charge is -2.30. The van der Waals surface area contributed by atoms with Crippen molar-refractivity contribution in [3.05, 3.63) is 84.4 Å². The van der Waals surface area contributed by atoms with Gasteiger partial charge in [-0.1, -0.05) is 30.3 Å². The third-order valence-corrected chi connectivity index (χ3v) is 7.74. The summed E-state index contributed by atoms with van der Waals surface area (Å²) in [4.78, 5) is 24.3. The molecule has 1 aliphatic rings. The summed E-state index contributed by atoms with van der Waals surface area (Å²) in [5.41, 5.74) is 1.13. The van der Waals surface area contributed by atoms with E-state index in [1.165, 1.54) is 35.5 Å². The van der Waals surface area contributed by atoms with Gasteiger partial charge >= 0.3 is 0 Å². The summed E-state index contributed by atoms with van der Waals surface area (Å²) in [6, 6.07) is 22.5. The molecule has 1 saturated heterocycles. The molecule has 0 unspecified atom stereocenters. The molecule has 0 aromatic heterocycles. The number of nitrogens with one attached hydrogen (secondary N) is 1. The van der Waals surface area contributed by atoms with Crippen LogP contribution in [0.4, 0.5) is 5.69 Å². The van der Waals surface area contributed by atoms with Crippen LogP contribution in [0.15, 0.2) is 83.8 Å². The Bertz CT molecular complexity index is 1250. The first-order chi connectivity index (χ1) is 16.3. The molecule has 34 heavy (non-hydrogen) atoms. The summed E-state index contributed by atoms with van der Waals surface area (Å²) >= 11 is 0. The molecule has 7 nitrogen and oxygen atoms in total. The van der Waals surface area contributed by atoms with Gasteiger partial charge in [0.2, 0.25) is 15.9 Å².